The van der Waals surface area contributed by atoms with Crippen LogP contribution in [0.1, 0.15) is 48.8 Å². The summed E-state index contributed by atoms with van der Waals surface area (Å²) in [6, 6.07) is 7.31. The lowest BCUT2D eigenvalue weighted by molar-refractivity contribution is -0.384. The average molecular weight is 358 g/mol. The fourth-order valence-electron chi connectivity index (χ4n) is 2.58. The van der Waals surface area contributed by atoms with E-state index in [4.69, 9.17) is 0 Å². The van der Waals surface area contributed by atoms with E-state index in [1.165, 1.54) is 22.9 Å². The molecule has 2 rings (SSSR count). The van der Waals surface area contributed by atoms with Gasteiger partial charge in [-0.2, -0.15) is 5.10 Å². The minimum absolute atomic E-state index is 0.155. The number of para-hydroxylation sites is 2. The van der Waals surface area contributed by atoms with Crippen LogP contribution in [-0.4, -0.2) is 27.2 Å². The molecule has 0 aliphatic carbocycles. The normalized spacial score (nSPS) is 10.5. The number of amides is 1. The zero-order valence-corrected chi connectivity index (χ0v) is 14.9. The van der Waals surface area contributed by atoms with E-state index in [-0.39, 0.29) is 17.1 Å². The van der Waals surface area contributed by atoms with E-state index in [1.807, 2.05) is 0 Å². The summed E-state index contributed by atoms with van der Waals surface area (Å²) < 4.78 is 1.26. The van der Waals surface area contributed by atoms with Crippen molar-refractivity contribution in [2.45, 2.75) is 39.5 Å². The van der Waals surface area contributed by atoms with E-state index >= 15 is 0 Å². The molecule has 1 heterocycles. The Labute approximate surface area is 151 Å². The first kappa shape index (κ1) is 19.3. The van der Waals surface area contributed by atoms with Gasteiger partial charge >= 0.3 is 0 Å². The SMILES string of the molecule is CCCCCCNC(=O)c1nn(-c2ccccc2[N+](=O)[O-])c(C)cc1=O. The number of rotatable bonds is 8. The molecular formula is C18H22N4O4. The third-order valence-corrected chi connectivity index (χ3v) is 3.95. The van der Waals surface area contributed by atoms with Gasteiger partial charge in [0.2, 0.25) is 5.43 Å². The highest BCUT2D eigenvalue weighted by molar-refractivity contribution is 5.92. The van der Waals surface area contributed by atoms with Gasteiger partial charge in [-0.05, 0) is 19.4 Å². The third-order valence-electron chi connectivity index (χ3n) is 3.95. The Morgan fingerprint density at radius 3 is 2.69 bits per heavy atom. The van der Waals surface area contributed by atoms with Crippen LogP contribution < -0.4 is 10.7 Å². The first-order chi connectivity index (χ1) is 12.5. The number of aryl methyl sites for hydroxylation is 1. The van der Waals surface area contributed by atoms with Gasteiger partial charge in [-0.3, -0.25) is 19.7 Å². The maximum Gasteiger partial charge on any atom is 0.294 e. The molecule has 1 amide bonds. The number of carbonyl (C=O) groups is 1. The first-order valence-corrected chi connectivity index (χ1v) is 8.58. The molecule has 0 unspecified atom stereocenters. The Bertz CT molecular complexity index is 861. The van der Waals surface area contributed by atoms with Crippen molar-refractivity contribution in [1.29, 1.82) is 0 Å². The minimum atomic E-state index is -0.571. The second kappa shape index (κ2) is 8.89. The highest BCUT2D eigenvalue weighted by Gasteiger charge is 2.19. The molecule has 0 saturated heterocycles. The van der Waals surface area contributed by atoms with Crippen LogP contribution >= 0.6 is 0 Å². The van der Waals surface area contributed by atoms with Crippen LogP contribution in [0.15, 0.2) is 35.1 Å². The smallest absolute Gasteiger partial charge is 0.294 e. The number of nitrogens with one attached hydrogen (secondary N) is 1. The Balaban J connectivity index is 2.31. The topological polar surface area (TPSA) is 107 Å². The molecule has 0 radical (unpaired) electrons. The van der Waals surface area contributed by atoms with Crippen molar-refractivity contribution < 1.29 is 9.72 Å². The highest BCUT2D eigenvalue weighted by atomic mass is 16.6. The number of aromatic nitrogens is 2. The molecule has 0 aliphatic rings. The van der Waals surface area contributed by atoms with Gasteiger partial charge in [-0.15, -0.1) is 0 Å². The Hall–Kier alpha value is -3.03. The van der Waals surface area contributed by atoms with Gasteiger partial charge in [0.05, 0.1) is 4.92 Å². The molecular weight excluding hydrogens is 336 g/mol. The van der Waals surface area contributed by atoms with Crippen LogP contribution in [0.25, 0.3) is 5.69 Å². The molecule has 2 aromatic rings. The number of benzene rings is 1. The van der Waals surface area contributed by atoms with Gasteiger partial charge in [-0.1, -0.05) is 38.3 Å². The van der Waals surface area contributed by atoms with Crippen molar-refractivity contribution in [1.82, 2.24) is 15.1 Å². The number of nitrogens with zero attached hydrogens (tertiary/aromatic N) is 3. The monoisotopic (exact) mass is 358 g/mol. The maximum atomic E-state index is 12.3. The standard InChI is InChI=1S/C18H22N4O4/c1-3-4-5-8-11-19-18(24)17-16(23)12-13(2)21(20-17)14-9-6-7-10-15(14)22(25)26/h6-7,9-10,12H,3-5,8,11H2,1-2H3,(H,19,24). The number of nitro benzene ring substituents is 1. The highest BCUT2D eigenvalue weighted by Crippen LogP contribution is 2.22. The van der Waals surface area contributed by atoms with E-state index in [2.05, 4.69) is 17.3 Å². The molecule has 8 nitrogen and oxygen atoms in total. The van der Waals surface area contributed by atoms with Crippen LogP contribution in [0.4, 0.5) is 5.69 Å². The molecule has 0 aliphatic heterocycles. The average Bonchev–Trinajstić information content (AvgIpc) is 2.61. The summed E-state index contributed by atoms with van der Waals surface area (Å²) in [7, 11) is 0. The lowest BCUT2D eigenvalue weighted by atomic mass is 10.2. The predicted molar refractivity (Wildman–Crippen MR) is 97.7 cm³/mol. The molecule has 26 heavy (non-hydrogen) atoms. The summed E-state index contributed by atoms with van der Waals surface area (Å²) >= 11 is 0. The summed E-state index contributed by atoms with van der Waals surface area (Å²) in [5.74, 6) is -0.571. The Morgan fingerprint density at radius 1 is 1.27 bits per heavy atom. The van der Waals surface area contributed by atoms with E-state index in [0.29, 0.717) is 12.2 Å². The summed E-state index contributed by atoms with van der Waals surface area (Å²) in [6.07, 6.45) is 4.00. The maximum absolute atomic E-state index is 12.3. The molecule has 1 aromatic carbocycles. The summed E-state index contributed by atoms with van der Waals surface area (Å²) in [5.41, 5.74) is -0.332. The Morgan fingerprint density at radius 2 is 2.00 bits per heavy atom. The van der Waals surface area contributed by atoms with Gasteiger partial charge < -0.3 is 5.32 Å². The fraction of sp³-hybridized carbons (Fsp3) is 0.389. The molecule has 0 bridgehead atoms. The predicted octanol–water partition coefficient (Wildman–Crippen LogP) is 2.76. The van der Waals surface area contributed by atoms with Crippen molar-refractivity contribution in [3.8, 4) is 5.69 Å². The molecule has 1 N–H and O–H groups in total. The molecule has 138 valence electrons. The fourth-order valence-corrected chi connectivity index (χ4v) is 2.58. The number of carbonyl (C=O) groups excluding carboxylic acids is 1. The lowest BCUT2D eigenvalue weighted by Gasteiger charge is -2.11. The Kier molecular flexibility index (Phi) is 6.60. The van der Waals surface area contributed by atoms with E-state index < -0.39 is 16.3 Å². The summed E-state index contributed by atoms with van der Waals surface area (Å²) in [6.45, 7) is 4.16. The third kappa shape index (κ3) is 4.53. The summed E-state index contributed by atoms with van der Waals surface area (Å²) in [5, 5.41) is 18.0. The number of hydrogen-bond acceptors (Lipinski definition) is 5. The van der Waals surface area contributed by atoms with Gasteiger partial charge in [0.1, 0.15) is 5.69 Å². The largest absolute Gasteiger partial charge is 0.351 e. The van der Waals surface area contributed by atoms with Crippen molar-refractivity contribution >= 4 is 11.6 Å². The van der Waals surface area contributed by atoms with Crippen LogP contribution in [0.2, 0.25) is 0 Å². The second-order valence-electron chi connectivity index (χ2n) is 5.97. The van der Waals surface area contributed by atoms with Crippen molar-refractivity contribution in [3.63, 3.8) is 0 Å². The molecule has 0 atom stereocenters. The molecule has 0 fully saturated rings. The van der Waals surface area contributed by atoms with Crippen LogP contribution in [0.5, 0.6) is 0 Å². The van der Waals surface area contributed by atoms with Gasteiger partial charge in [0, 0.05) is 24.4 Å². The number of unbranched alkanes of at least 4 members (excludes halogenated alkanes) is 3. The first-order valence-electron chi connectivity index (χ1n) is 8.58. The van der Waals surface area contributed by atoms with Crippen molar-refractivity contribution in [2.75, 3.05) is 6.54 Å². The zero-order chi connectivity index (χ0) is 19.1. The van der Waals surface area contributed by atoms with Gasteiger partial charge in [-0.25, -0.2) is 4.68 Å². The van der Waals surface area contributed by atoms with Crippen LogP contribution in [0, 0.1) is 17.0 Å². The number of nitro groups is 1. The minimum Gasteiger partial charge on any atom is -0.351 e. The summed E-state index contributed by atoms with van der Waals surface area (Å²) in [4.78, 5) is 35.2. The van der Waals surface area contributed by atoms with Crippen LogP contribution in [0.3, 0.4) is 0 Å². The van der Waals surface area contributed by atoms with E-state index in [0.717, 1.165) is 25.7 Å². The van der Waals surface area contributed by atoms with Crippen molar-refractivity contribution in [2.24, 2.45) is 0 Å². The van der Waals surface area contributed by atoms with E-state index in [1.54, 1.807) is 19.1 Å². The zero-order valence-electron chi connectivity index (χ0n) is 14.9. The number of hydrogen-bond donors (Lipinski definition) is 1. The molecule has 1 aromatic heterocycles. The second-order valence-corrected chi connectivity index (χ2v) is 5.97. The van der Waals surface area contributed by atoms with Crippen LogP contribution in [-0.2, 0) is 0 Å². The van der Waals surface area contributed by atoms with Gasteiger partial charge in [0.25, 0.3) is 11.6 Å². The molecule has 8 heteroatoms. The van der Waals surface area contributed by atoms with Crippen molar-refractivity contribution in [3.05, 3.63) is 62.1 Å². The lowest BCUT2D eigenvalue weighted by Crippen LogP contribution is -2.32. The molecule has 0 saturated carbocycles. The van der Waals surface area contributed by atoms with Gasteiger partial charge in [0.15, 0.2) is 5.69 Å². The quantitative estimate of drug-likeness (QED) is 0.443. The van der Waals surface area contributed by atoms with E-state index in [9.17, 15) is 19.7 Å². The molecule has 0 spiro atoms.